The molecule has 1 N–H and O–H groups in total. The summed E-state index contributed by atoms with van der Waals surface area (Å²) in [5.41, 5.74) is 1.15. The van der Waals surface area contributed by atoms with Gasteiger partial charge in [0.05, 0.1) is 5.69 Å². The molecule has 1 aromatic rings. The first-order valence-corrected chi connectivity index (χ1v) is 8.01. The first kappa shape index (κ1) is 15.3. The minimum Gasteiger partial charge on any atom is -0.354 e. The van der Waals surface area contributed by atoms with Crippen molar-refractivity contribution in [1.29, 1.82) is 0 Å². The van der Waals surface area contributed by atoms with Crippen LogP contribution in [0.25, 0.3) is 0 Å². The molecule has 1 fully saturated rings. The second-order valence-corrected chi connectivity index (χ2v) is 6.57. The van der Waals surface area contributed by atoms with Crippen LogP contribution < -0.4 is 10.2 Å². The number of hydrogen-bond donors (Lipinski definition) is 1. The molecule has 0 saturated carbocycles. The van der Waals surface area contributed by atoms with Gasteiger partial charge in [0.15, 0.2) is 0 Å². The normalized spacial score (nSPS) is 23.4. The van der Waals surface area contributed by atoms with Gasteiger partial charge in [-0.3, -0.25) is 0 Å². The summed E-state index contributed by atoms with van der Waals surface area (Å²) in [5, 5.41) is 3.47. The molecule has 1 aromatic heterocycles. The molecule has 20 heavy (non-hydrogen) atoms. The maximum atomic E-state index is 4.84. The van der Waals surface area contributed by atoms with Crippen LogP contribution in [0.15, 0.2) is 18.2 Å². The van der Waals surface area contributed by atoms with E-state index in [0.717, 1.165) is 37.1 Å². The van der Waals surface area contributed by atoms with Gasteiger partial charge in [0, 0.05) is 19.1 Å². The van der Waals surface area contributed by atoms with Crippen molar-refractivity contribution < 1.29 is 0 Å². The zero-order valence-electron chi connectivity index (χ0n) is 13.4. The molecule has 112 valence electrons. The van der Waals surface area contributed by atoms with Crippen LogP contribution in [-0.2, 0) is 6.54 Å². The van der Waals surface area contributed by atoms with Gasteiger partial charge in [0.1, 0.15) is 5.82 Å². The predicted molar refractivity (Wildman–Crippen MR) is 86.0 cm³/mol. The number of nitrogens with zero attached hydrogens (tertiary/aromatic N) is 2. The largest absolute Gasteiger partial charge is 0.354 e. The van der Waals surface area contributed by atoms with E-state index in [1.165, 1.54) is 12.8 Å². The highest BCUT2D eigenvalue weighted by atomic mass is 15.2. The fraction of sp³-hybridized carbons (Fsp3) is 0.706. The van der Waals surface area contributed by atoms with E-state index in [1.807, 2.05) is 0 Å². The molecule has 0 radical (unpaired) electrons. The number of nitrogens with one attached hydrogen (secondary N) is 1. The molecule has 2 heterocycles. The van der Waals surface area contributed by atoms with Gasteiger partial charge in [-0.15, -0.1) is 0 Å². The smallest absolute Gasteiger partial charge is 0.129 e. The molecule has 3 nitrogen and oxygen atoms in total. The van der Waals surface area contributed by atoms with E-state index in [2.05, 4.69) is 56.1 Å². The van der Waals surface area contributed by atoms with Crippen LogP contribution >= 0.6 is 0 Å². The Hall–Kier alpha value is -1.09. The van der Waals surface area contributed by atoms with Crippen LogP contribution in [0.4, 0.5) is 5.82 Å². The summed E-state index contributed by atoms with van der Waals surface area (Å²) in [6.07, 6.45) is 2.62. The number of anilines is 1. The Morgan fingerprint density at radius 1 is 1.35 bits per heavy atom. The number of rotatable bonds is 5. The first-order chi connectivity index (χ1) is 9.58. The summed E-state index contributed by atoms with van der Waals surface area (Å²) >= 11 is 0. The Bertz CT molecular complexity index is 416. The van der Waals surface area contributed by atoms with Crippen LogP contribution in [0.2, 0.25) is 0 Å². The second-order valence-electron chi connectivity index (χ2n) is 6.57. The Morgan fingerprint density at radius 2 is 2.15 bits per heavy atom. The lowest BCUT2D eigenvalue weighted by Gasteiger charge is -2.39. The van der Waals surface area contributed by atoms with E-state index < -0.39 is 0 Å². The van der Waals surface area contributed by atoms with Crippen molar-refractivity contribution in [3.8, 4) is 0 Å². The summed E-state index contributed by atoms with van der Waals surface area (Å²) < 4.78 is 0. The molecule has 0 spiro atoms. The fourth-order valence-corrected chi connectivity index (χ4v) is 2.87. The molecule has 2 atom stereocenters. The molecular weight excluding hydrogens is 246 g/mol. The molecule has 2 rings (SSSR count). The van der Waals surface area contributed by atoms with Crippen molar-refractivity contribution >= 4 is 5.82 Å². The van der Waals surface area contributed by atoms with Crippen LogP contribution in [0, 0.1) is 11.8 Å². The maximum absolute atomic E-state index is 4.84. The van der Waals surface area contributed by atoms with E-state index in [0.29, 0.717) is 12.0 Å². The molecule has 0 amide bonds. The van der Waals surface area contributed by atoms with Gasteiger partial charge >= 0.3 is 0 Å². The molecule has 2 unspecified atom stereocenters. The molecule has 3 heteroatoms. The average molecular weight is 275 g/mol. The summed E-state index contributed by atoms with van der Waals surface area (Å²) in [4.78, 5) is 7.31. The van der Waals surface area contributed by atoms with Gasteiger partial charge in [-0.25, -0.2) is 4.98 Å². The molecule has 0 aromatic carbocycles. The van der Waals surface area contributed by atoms with Crippen molar-refractivity contribution in [2.75, 3.05) is 18.0 Å². The molecular formula is C17H29N3. The van der Waals surface area contributed by atoms with Gasteiger partial charge in [0.25, 0.3) is 0 Å². The molecule has 1 saturated heterocycles. The topological polar surface area (TPSA) is 28.2 Å². The number of aromatic nitrogens is 1. The zero-order valence-corrected chi connectivity index (χ0v) is 13.4. The number of piperidine rings is 1. The van der Waals surface area contributed by atoms with E-state index >= 15 is 0 Å². The van der Waals surface area contributed by atoms with Gasteiger partial charge in [0.2, 0.25) is 0 Å². The fourth-order valence-electron chi connectivity index (χ4n) is 2.87. The Morgan fingerprint density at radius 3 is 2.90 bits per heavy atom. The lowest BCUT2D eigenvalue weighted by Crippen LogP contribution is -2.43. The summed E-state index contributed by atoms with van der Waals surface area (Å²) in [6.45, 7) is 12.2. The molecule has 0 aliphatic carbocycles. The highest BCUT2D eigenvalue weighted by Gasteiger charge is 2.25. The van der Waals surface area contributed by atoms with Crippen LogP contribution in [-0.4, -0.2) is 24.1 Å². The maximum Gasteiger partial charge on any atom is 0.129 e. The Balaban J connectivity index is 2.01. The van der Waals surface area contributed by atoms with E-state index in [1.54, 1.807) is 0 Å². The molecule has 0 bridgehead atoms. The van der Waals surface area contributed by atoms with E-state index in [-0.39, 0.29) is 0 Å². The standard InChI is InChI=1S/C17H29N3/c1-13(2)11-18-12-16-8-5-9-17(19-16)20-10-6-7-14(3)15(20)4/h5,8-9,13-15,18H,6-7,10-12H2,1-4H3. The Labute approximate surface area is 123 Å². The van der Waals surface area contributed by atoms with Crippen molar-refractivity contribution in [1.82, 2.24) is 10.3 Å². The number of hydrogen-bond acceptors (Lipinski definition) is 3. The third-order valence-electron chi connectivity index (χ3n) is 4.32. The second kappa shape index (κ2) is 7.07. The highest BCUT2D eigenvalue weighted by molar-refractivity contribution is 5.41. The monoisotopic (exact) mass is 275 g/mol. The quantitative estimate of drug-likeness (QED) is 0.892. The van der Waals surface area contributed by atoms with Crippen LogP contribution in [0.3, 0.4) is 0 Å². The summed E-state index contributed by atoms with van der Waals surface area (Å²) in [6, 6.07) is 7.01. The van der Waals surface area contributed by atoms with E-state index in [9.17, 15) is 0 Å². The van der Waals surface area contributed by atoms with Gasteiger partial charge < -0.3 is 10.2 Å². The van der Waals surface area contributed by atoms with Crippen molar-refractivity contribution in [3.05, 3.63) is 23.9 Å². The predicted octanol–water partition coefficient (Wildman–Crippen LogP) is 3.45. The van der Waals surface area contributed by atoms with E-state index in [4.69, 9.17) is 4.98 Å². The minimum absolute atomic E-state index is 0.593. The summed E-state index contributed by atoms with van der Waals surface area (Å²) in [5.74, 6) is 2.59. The lowest BCUT2D eigenvalue weighted by molar-refractivity contribution is 0.361. The first-order valence-electron chi connectivity index (χ1n) is 8.01. The third kappa shape index (κ3) is 3.95. The lowest BCUT2D eigenvalue weighted by atomic mass is 9.92. The Kier molecular flexibility index (Phi) is 5.41. The minimum atomic E-state index is 0.593. The molecule has 1 aliphatic rings. The third-order valence-corrected chi connectivity index (χ3v) is 4.32. The van der Waals surface area contributed by atoms with Crippen molar-refractivity contribution in [3.63, 3.8) is 0 Å². The molecule has 1 aliphatic heterocycles. The SMILES string of the molecule is CC(C)CNCc1cccc(N2CCCC(C)C2C)n1. The van der Waals surface area contributed by atoms with Crippen LogP contribution in [0.5, 0.6) is 0 Å². The van der Waals surface area contributed by atoms with Crippen molar-refractivity contribution in [2.45, 2.75) is 53.1 Å². The van der Waals surface area contributed by atoms with Gasteiger partial charge in [-0.1, -0.05) is 26.8 Å². The van der Waals surface area contributed by atoms with Crippen LogP contribution in [0.1, 0.15) is 46.2 Å². The highest BCUT2D eigenvalue weighted by Crippen LogP contribution is 2.27. The van der Waals surface area contributed by atoms with Gasteiger partial charge in [-0.2, -0.15) is 0 Å². The van der Waals surface area contributed by atoms with Crippen molar-refractivity contribution in [2.24, 2.45) is 11.8 Å². The van der Waals surface area contributed by atoms with Gasteiger partial charge in [-0.05, 0) is 50.3 Å². The average Bonchev–Trinajstić information content (AvgIpc) is 2.42. The zero-order chi connectivity index (χ0) is 14.5. The summed E-state index contributed by atoms with van der Waals surface area (Å²) in [7, 11) is 0. The number of pyridine rings is 1.